The molecule has 0 saturated carbocycles. The van der Waals surface area contributed by atoms with Gasteiger partial charge in [-0.1, -0.05) is 72.8 Å². The summed E-state index contributed by atoms with van der Waals surface area (Å²) in [4.78, 5) is 7.36. The molecule has 4 aromatic carbocycles. The molecule has 2 heterocycles. The van der Waals surface area contributed by atoms with Crippen LogP contribution in [0.5, 0.6) is 0 Å². The molecule has 1 aromatic heterocycles. The average Bonchev–Trinajstić information content (AvgIpc) is 2.83. The number of hydrogen-bond acceptors (Lipinski definition) is 2. The summed E-state index contributed by atoms with van der Waals surface area (Å²) in [5, 5.41) is 1.17. The minimum Gasteiger partial charge on any atom is -0.336 e. The van der Waals surface area contributed by atoms with Crippen LogP contribution in [0.3, 0.4) is 0 Å². The molecule has 0 unspecified atom stereocenters. The number of hydrogen-bond donors (Lipinski definition) is 0. The maximum atomic E-state index is 4.93. The predicted octanol–water partition coefficient (Wildman–Crippen LogP) is 7.53. The lowest BCUT2D eigenvalue weighted by molar-refractivity contribution is 0.955. The molecule has 0 atom stereocenters. The van der Waals surface area contributed by atoms with Gasteiger partial charge in [-0.05, 0) is 53.9 Å². The van der Waals surface area contributed by atoms with Crippen LogP contribution in [0.25, 0.3) is 33.3 Å². The van der Waals surface area contributed by atoms with Gasteiger partial charge in [0.25, 0.3) is 0 Å². The molecule has 0 N–H and O–H groups in total. The maximum Gasteiger partial charge on any atom is 0.0709 e. The number of benzene rings is 4. The maximum absolute atomic E-state index is 4.93. The van der Waals surface area contributed by atoms with Crippen molar-refractivity contribution >= 4 is 22.3 Å². The standard InChI is InChI=1S/C29H22N2/c1-20-8-2-7-13-28(20)31-19-23-10-3-5-11-24(23)25-18-22(15-17-29(25)31)27-16-14-21-9-4-6-12-26(21)30-27/h2-18H,19H2,1H3. The topological polar surface area (TPSA) is 16.1 Å². The first-order valence-corrected chi connectivity index (χ1v) is 10.7. The highest BCUT2D eigenvalue weighted by atomic mass is 15.1. The van der Waals surface area contributed by atoms with Gasteiger partial charge in [0.2, 0.25) is 0 Å². The molecule has 0 aliphatic carbocycles. The van der Waals surface area contributed by atoms with Gasteiger partial charge in [0.05, 0.1) is 11.2 Å². The number of nitrogens with zero attached hydrogens (tertiary/aromatic N) is 2. The fraction of sp³-hybridized carbons (Fsp3) is 0.0690. The van der Waals surface area contributed by atoms with Gasteiger partial charge >= 0.3 is 0 Å². The zero-order valence-electron chi connectivity index (χ0n) is 17.4. The van der Waals surface area contributed by atoms with Gasteiger partial charge in [0, 0.05) is 34.4 Å². The average molecular weight is 399 g/mol. The zero-order chi connectivity index (χ0) is 20.8. The third-order valence-corrected chi connectivity index (χ3v) is 6.22. The van der Waals surface area contributed by atoms with E-state index in [2.05, 4.69) is 109 Å². The number of anilines is 2. The Balaban J connectivity index is 1.54. The highest BCUT2D eigenvalue weighted by Crippen LogP contribution is 2.44. The van der Waals surface area contributed by atoms with E-state index in [1.54, 1.807) is 0 Å². The fourth-order valence-corrected chi connectivity index (χ4v) is 4.63. The van der Waals surface area contributed by atoms with E-state index in [1.807, 2.05) is 6.07 Å². The molecule has 2 heteroatoms. The Hall–Kier alpha value is -3.91. The van der Waals surface area contributed by atoms with E-state index in [0.717, 1.165) is 23.3 Å². The first kappa shape index (κ1) is 17.9. The summed E-state index contributed by atoms with van der Waals surface area (Å²) < 4.78 is 0. The molecular formula is C29H22N2. The van der Waals surface area contributed by atoms with Gasteiger partial charge in [-0.3, -0.25) is 0 Å². The Kier molecular flexibility index (Phi) is 4.10. The van der Waals surface area contributed by atoms with Crippen LogP contribution in [0.15, 0.2) is 103 Å². The van der Waals surface area contributed by atoms with E-state index in [4.69, 9.17) is 4.98 Å². The van der Waals surface area contributed by atoms with Gasteiger partial charge < -0.3 is 4.90 Å². The molecule has 148 valence electrons. The summed E-state index contributed by atoms with van der Waals surface area (Å²) in [6.45, 7) is 3.06. The van der Waals surface area contributed by atoms with Crippen LogP contribution in [0.1, 0.15) is 11.1 Å². The molecule has 1 aliphatic rings. The molecule has 1 aliphatic heterocycles. The van der Waals surface area contributed by atoms with Crippen LogP contribution in [0, 0.1) is 6.92 Å². The van der Waals surface area contributed by atoms with E-state index in [1.165, 1.54) is 39.0 Å². The van der Waals surface area contributed by atoms with Gasteiger partial charge in [-0.2, -0.15) is 0 Å². The van der Waals surface area contributed by atoms with Crippen molar-refractivity contribution in [1.29, 1.82) is 0 Å². The second-order valence-electron chi connectivity index (χ2n) is 8.15. The smallest absolute Gasteiger partial charge is 0.0709 e. The number of pyridine rings is 1. The van der Waals surface area contributed by atoms with Crippen LogP contribution >= 0.6 is 0 Å². The molecule has 0 radical (unpaired) electrons. The first-order chi connectivity index (χ1) is 15.3. The minimum atomic E-state index is 0.877. The molecule has 0 saturated heterocycles. The van der Waals surface area contributed by atoms with Crippen molar-refractivity contribution in [1.82, 2.24) is 4.98 Å². The van der Waals surface area contributed by atoms with Crippen molar-refractivity contribution in [2.75, 3.05) is 4.90 Å². The largest absolute Gasteiger partial charge is 0.336 e. The lowest BCUT2D eigenvalue weighted by atomic mass is 9.90. The van der Waals surface area contributed by atoms with Gasteiger partial charge in [0.1, 0.15) is 0 Å². The normalized spacial score (nSPS) is 12.5. The zero-order valence-corrected chi connectivity index (χ0v) is 17.4. The highest BCUT2D eigenvalue weighted by Gasteiger charge is 2.24. The number of aromatic nitrogens is 1. The van der Waals surface area contributed by atoms with Gasteiger partial charge in [-0.15, -0.1) is 0 Å². The Bertz CT molecular complexity index is 1430. The number of fused-ring (bicyclic) bond motifs is 4. The molecule has 31 heavy (non-hydrogen) atoms. The molecule has 0 bridgehead atoms. The summed E-state index contributed by atoms with van der Waals surface area (Å²) in [5.41, 5.74) is 10.9. The summed E-state index contributed by atoms with van der Waals surface area (Å²) >= 11 is 0. The van der Waals surface area contributed by atoms with E-state index in [-0.39, 0.29) is 0 Å². The fourth-order valence-electron chi connectivity index (χ4n) is 4.63. The Labute approximate surface area is 182 Å². The molecule has 2 nitrogen and oxygen atoms in total. The molecule has 5 aromatic rings. The van der Waals surface area contributed by atoms with Gasteiger partial charge in [0.15, 0.2) is 0 Å². The van der Waals surface area contributed by atoms with Crippen molar-refractivity contribution in [3.63, 3.8) is 0 Å². The molecule has 0 fully saturated rings. The third kappa shape index (κ3) is 3.00. The number of para-hydroxylation sites is 2. The molecule has 0 spiro atoms. The van der Waals surface area contributed by atoms with Crippen LogP contribution in [0.2, 0.25) is 0 Å². The second-order valence-corrected chi connectivity index (χ2v) is 8.15. The number of aryl methyl sites for hydroxylation is 1. The highest BCUT2D eigenvalue weighted by molar-refractivity contribution is 5.91. The van der Waals surface area contributed by atoms with Crippen LogP contribution in [-0.4, -0.2) is 4.98 Å². The van der Waals surface area contributed by atoms with E-state index < -0.39 is 0 Å². The first-order valence-electron chi connectivity index (χ1n) is 10.7. The summed E-state index contributed by atoms with van der Waals surface area (Å²) in [6.07, 6.45) is 0. The summed E-state index contributed by atoms with van der Waals surface area (Å²) in [6, 6.07) is 36.7. The Morgan fingerprint density at radius 1 is 0.677 bits per heavy atom. The molecule has 0 amide bonds. The van der Waals surface area contributed by atoms with Crippen molar-refractivity contribution in [2.24, 2.45) is 0 Å². The van der Waals surface area contributed by atoms with Crippen molar-refractivity contribution < 1.29 is 0 Å². The second kappa shape index (κ2) is 7.10. The third-order valence-electron chi connectivity index (χ3n) is 6.22. The summed E-state index contributed by atoms with van der Waals surface area (Å²) in [5.74, 6) is 0. The monoisotopic (exact) mass is 398 g/mol. The lowest BCUT2D eigenvalue weighted by Crippen LogP contribution is -2.22. The van der Waals surface area contributed by atoms with Crippen molar-refractivity contribution in [3.05, 3.63) is 114 Å². The molecular weight excluding hydrogens is 376 g/mol. The van der Waals surface area contributed by atoms with Crippen molar-refractivity contribution in [2.45, 2.75) is 13.5 Å². The Morgan fingerprint density at radius 2 is 1.48 bits per heavy atom. The van der Waals surface area contributed by atoms with Crippen LogP contribution < -0.4 is 4.90 Å². The van der Waals surface area contributed by atoms with Crippen molar-refractivity contribution in [3.8, 4) is 22.4 Å². The van der Waals surface area contributed by atoms with Gasteiger partial charge in [-0.25, -0.2) is 4.98 Å². The van der Waals surface area contributed by atoms with E-state index >= 15 is 0 Å². The summed E-state index contributed by atoms with van der Waals surface area (Å²) in [7, 11) is 0. The Morgan fingerprint density at radius 3 is 2.42 bits per heavy atom. The van der Waals surface area contributed by atoms with E-state index in [0.29, 0.717) is 0 Å². The van der Waals surface area contributed by atoms with Crippen LogP contribution in [-0.2, 0) is 6.54 Å². The number of rotatable bonds is 2. The molecule has 6 rings (SSSR count). The SMILES string of the molecule is Cc1ccccc1N1Cc2ccccc2-c2cc(-c3ccc4ccccc4n3)ccc21. The van der Waals surface area contributed by atoms with Crippen LogP contribution in [0.4, 0.5) is 11.4 Å². The minimum absolute atomic E-state index is 0.877. The predicted molar refractivity (Wildman–Crippen MR) is 130 cm³/mol. The quantitative estimate of drug-likeness (QED) is 0.305. The van der Waals surface area contributed by atoms with E-state index in [9.17, 15) is 0 Å². The lowest BCUT2D eigenvalue weighted by Gasteiger charge is -2.34.